The molecule has 0 rings (SSSR count). The summed E-state index contributed by atoms with van der Waals surface area (Å²) in [6, 6.07) is 0. The fourth-order valence-corrected chi connectivity index (χ4v) is 4.67. The van der Waals surface area contributed by atoms with Crippen molar-refractivity contribution < 1.29 is 68.5 Å². The van der Waals surface area contributed by atoms with Crippen LogP contribution in [0.15, 0.2) is 12.2 Å². The standard InChI is InChI=1S/C28H56O4S.K/c1-3-5-7-9-10-11-12-13-14-15-16-17-18-19-20-21-22-24-26-28(25-23-8-6-4-2)27-32-33(29,30)31;/h23,25,28H,3-22,24,26-27H2,1-2H3,(H,29,30,31);/q;+1/p-1/b25-23+;. The predicted octanol–water partition coefficient (Wildman–Crippen LogP) is 6.26. The van der Waals surface area contributed by atoms with Crippen molar-refractivity contribution in [2.45, 2.75) is 155 Å². The van der Waals surface area contributed by atoms with Gasteiger partial charge in [-0.15, -0.1) is 0 Å². The van der Waals surface area contributed by atoms with Crippen molar-refractivity contribution in [2.75, 3.05) is 6.61 Å². The fraction of sp³-hybridized carbons (Fsp3) is 0.929. The molecule has 0 aliphatic rings. The van der Waals surface area contributed by atoms with Crippen molar-refractivity contribution in [3.05, 3.63) is 12.2 Å². The molecule has 0 N–H and O–H groups in total. The Morgan fingerprint density at radius 3 is 1.41 bits per heavy atom. The molecule has 198 valence electrons. The maximum absolute atomic E-state index is 10.8. The average Bonchev–Trinajstić information content (AvgIpc) is 2.78. The van der Waals surface area contributed by atoms with Gasteiger partial charge in [-0.2, -0.15) is 0 Å². The van der Waals surface area contributed by atoms with Crippen molar-refractivity contribution in [3.8, 4) is 0 Å². The Bertz CT molecular complexity index is 522. The minimum Gasteiger partial charge on any atom is -0.726 e. The topological polar surface area (TPSA) is 66.4 Å². The van der Waals surface area contributed by atoms with Crippen LogP contribution in [0.25, 0.3) is 0 Å². The predicted molar refractivity (Wildman–Crippen MR) is 141 cm³/mol. The molecule has 0 aromatic heterocycles. The first-order valence-corrected chi connectivity index (χ1v) is 15.6. The van der Waals surface area contributed by atoms with Crippen LogP contribution in [-0.4, -0.2) is 19.6 Å². The molecule has 0 saturated heterocycles. The van der Waals surface area contributed by atoms with Gasteiger partial charge in [0.05, 0.1) is 6.61 Å². The van der Waals surface area contributed by atoms with E-state index in [9.17, 15) is 13.0 Å². The van der Waals surface area contributed by atoms with E-state index in [1.807, 2.05) is 6.08 Å². The van der Waals surface area contributed by atoms with Gasteiger partial charge in [-0.05, 0) is 12.8 Å². The maximum Gasteiger partial charge on any atom is 1.00 e. The summed E-state index contributed by atoms with van der Waals surface area (Å²) < 4.78 is 36.8. The maximum atomic E-state index is 10.8. The Balaban J connectivity index is 0. The van der Waals surface area contributed by atoms with Crippen molar-refractivity contribution in [1.29, 1.82) is 0 Å². The van der Waals surface area contributed by atoms with Crippen molar-refractivity contribution >= 4 is 10.4 Å². The molecule has 4 nitrogen and oxygen atoms in total. The van der Waals surface area contributed by atoms with Crippen LogP contribution in [0.2, 0.25) is 0 Å². The molecule has 1 atom stereocenters. The van der Waals surface area contributed by atoms with E-state index in [2.05, 4.69) is 24.1 Å². The van der Waals surface area contributed by atoms with E-state index < -0.39 is 10.4 Å². The van der Waals surface area contributed by atoms with E-state index in [0.717, 1.165) is 32.1 Å². The minimum atomic E-state index is -4.60. The van der Waals surface area contributed by atoms with E-state index in [1.165, 1.54) is 109 Å². The zero-order valence-electron chi connectivity index (χ0n) is 23.0. The van der Waals surface area contributed by atoms with Crippen molar-refractivity contribution in [2.24, 2.45) is 5.92 Å². The smallest absolute Gasteiger partial charge is 0.726 e. The van der Waals surface area contributed by atoms with Gasteiger partial charge in [0.1, 0.15) is 0 Å². The molecule has 0 fully saturated rings. The van der Waals surface area contributed by atoms with Gasteiger partial charge in [0.2, 0.25) is 10.4 Å². The van der Waals surface area contributed by atoms with Gasteiger partial charge in [0, 0.05) is 5.92 Å². The van der Waals surface area contributed by atoms with Gasteiger partial charge in [-0.25, -0.2) is 8.42 Å². The van der Waals surface area contributed by atoms with E-state index in [0.29, 0.717) is 0 Å². The average molecular weight is 527 g/mol. The molecule has 0 aromatic carbocycles. The Morgan fingerprint density at radius 2 is 1.03 bits per heavy atom. The quantitative estimate of drug-likeness (QED) is 0.0438. The van der Waals surface area contributed by atoms with Crippen LogP contribution in [-0.2, 0) is 14.6 Å². The minimum absolute atomic E-state index is 0. The first-order chi connectivity index (χ1) is 16.0. The zero-order valence-corrected chi connectivity index (χ0v) is 27.0. The van der Waals surface area contributed by atoms with Gasteiger partial charge in [-0.3, -0.25) is 4.18 Å². The molecule has 34 heavy (non-hydrogen) atoms. The van der Waals surface area contributed by atoms with Crippen LogP contribution in [0.4, 0.5) is 0 Å². The summed E-state index contributed by atoms with van der Waals surface area (Å²) in [5, 5.41) is 0. The second kappa shape index (κ2) is 28.8. The Hall–Kier alpha value is 1.25. The van der Waals surface area contributed by atoms with Gasteiger partial charge in [0.15, 0.2) is 0 Å². The first kappa shape index (κ1) is 37.4. The Morgan fingerprint density at radius 1 is 0.647 bits per heavy atom. The number of rotatable bonds is 26. The third-order valence-corrected chi connectivity index (χ3v) is 6.91. The van der Waals surface area contributed by atoms with Gasteiger partial charge in [-0.1, -0.05) is 154 Å². The second-order valence-electron chi connectivity index (χ2n) is 9.82. The molecule has 0 bridgehead atoms. The van der Waals surface area contributed by atoms with E-state index in [1.54, 1.807) is 0 Å². The third kappa shape index (κ3) is 31.3. The molecule has 1 unspecified atom stereocenters. The molecule has 0 heterocycles. The van der Waals surface area contributed by atoms with Crippen LogP contribution in [0.3, 0.4) is 0 Å². The summed E-state index contributed by atoms with van der Waals surface area (Å²) >= 11 is 0. The largest absolute Gasteiger partial charge is 1.00 e. The van der Waals surface area contributed by atoms with E-state index >= 15 is 0 Å². The number of hydrogen-bond donors (Lipinski definition) is 0. The van der Waals surface area contributed by atoms with Gasteiger partial charge < -0.3 is 4.55 Å². The van der Waals surface area contributed by atoms with Gasteiger partial charge in [0.25, 0.3) is 0 Å². The molecule has 0 amide bonds. The SMILES string of the molecule is CCCC/C=C/C(CCCCCCCCCCCCCCCCCCCC)COS(=O)(=O)[O-].[K+]. The molecule has 6 heteroatoms. The molecular formula is C28H55KO4S. The Labute approximate surface area is 256 Å². The molecule has 0 aromatic rings. The number of unbranched alkanes of at least 4 members (excludes halogenated alkanes) is 19. The summed E-state index contributed by atoms with van der Waals surface area (Å²) in [7, 11) is -4.60. The number of hydrogen-bond acceptors (Lipinski definition) is 4. The summed E-state index contributed by atoms with van der Waals surface area (Å²) in [6.07, 6.45) is 32.7. The van der Waals surface area contributed by atoms with Crippen molar-refractivity contribution in [3.63, 3.8) is 0 Å². The summed E-state index contributed by atoms with van der Waals surface area (Å²) in [5.41, 5.74) is 0. The summed E-state index contributed by atoms with van der Waals surface area (Å²) in [4.78, 5) is 0. The van der Waals surface area contributed by atoms with E-state index in [-0.39, 0.29) is 63.9 Å². The molecule has 0 aliphatic carbocycles. The molecule has 0 aliphatic heterocycles. The van der Waals surface area contributed by atoms with Crippen LogP contribution in [0, 0.1) is 5.92 Å². The first-order valence-electron chi connectivity index (χ1n) is 14.3. The molecule has 0 radical (unpaired) electrons. The third-order valence-electron chi connectivity index (χ3n) is 6.49. The zero-order chi connectivity index (χ0) is 24.5. The summed E-state index contributed by atoms with van der Waals surface area (Å²) in [5.74, 6) is 0.0200. The monoisotopic (exact) mass is 526 g/mol. The molecule has 0 spiro atoms. The van der Waals surface area contributed by atoms with Crippen LogP contribution < -0.4 is 51.4 Å². The summed E-state index contributed by atoms with van der Waals surface area (Å²) in [6.45, 7) is 4.41. The van der Waals surface area contributed by atoms with Crippen LogP contribution in [0.5, 0.6) is 0 Å². The van der Waals surface area contributed by atoms with Crippen LogP contribution in [0.1, 0.15) is 155 Å². The molecular weight excluding hydrogens is 471 g/mol. The Kier molecular flexibility index (Phi) is 31.7. The van der Waals surface area contributed by atoms with Gasteiger partial charge >= 0.3 is 51.4 Å². The van der Waals surface area contributed by atoms with Crippen LogP contribution >= 0.6 is 0 Å². The second-order valence-corrected chi connectivity index (χ2v) is 10.9. The fourth-order valence-electron chi connectivity index (χ4n) is 4.32. The van der Waals surface area contributed by atoms with Crippen molar-refractivity contribution in [1.82, 2.24) is 0 Å². The molecule has 0 saturated carbocycles. The van der Waals surface area contributed by atoms with E-state index in [4.69, 9.17) is 0 Å². The number of allylic oxidation sites excluding steroid dienone is 1. The normalized spacial score (nSPS) is 12.8.